The normalized spacial score (nSPS) is 13.5. The minimum absolute atomic E-state index is 0.000383. The van der Waals surface area contributed by atoms with Gasteiger partial charge >= 0.3 is 12.1 Å². The van der Waals surface area contributed by atoms with Crippen molar-refractivity contribution in [2.75, 3.05) is 25.1 Å². The van der Waals surface area contributed by atoms with Gasteiger partial charge in [-0.2, -0.15) is 13.2 Å². The second kappa shape index (κ2) is 10.6. The highest BCUT2D eigenvalue weighted by molar-refractivity contribution is 7.92. The van der Waals surface area contributed by atoms with Crippen molar-refractivity contribution in [3.05, 3.63) is 77.1 Å². The van der Waals surface area contributed by atoms with Crippen molar-refractivity contribution in [3.8, 4) is 17.2 Å². The summed E-state index contributed by atoms with van der Waals surface area (Å²) in [6, 6.07) is 11.6. The molecule has 0 spiro atoms. The van der Waals surface area contributed by atoms with Crippen LogP contribution in [0.25, 0.3) is 0 Å². The van der Waals surface area contributed by atoms with Gasteiger partial charge in [-0.3, -0.25) is 9.10 Å². The summed E-state index contributed by atoms with van der Waals surface area (Å²) in [4.78, 5) is 12.1. The highest BCUT2D eigenvalue weighted by Crippen LogP contribution is 2.35. The average molecular weight is 569 g/mol. The summed E-state index contributed by atoms with van der Waals surface area (Å²) in [7, 11) is -1.62. The number of carbonyl (C=O) groups is 1. The number of sulfonamides is 1. The van der Waals surface area contributed by atoms with Crippen molar-refractivity contribution < 1.29 is 45.4 Å². The molecule has 1 amide bonds. The Morgan fingerprint density at radius 2 is 1.77 bits per heavy atom. The lowest BCUT2D eigenvalue weighted by atomic mass is 10.00. The maximum atomic E-state index is 15.0. The first-order valence-electron chi connectivity index (χ1n) is 11.5. The molecule has 0 saturated heterocycles. The molecule has 3 aromatic rings. The van der Waals surface area contributed by atoms with E-state index in [1.165, 1.54) is 32.4 Å². The second-order valence-electron chi connectivity index (χ2n) is 8.73. The van der Waals surface area contributed by atoms with Crippen LogP contribution in [0.1, 0.15) is 16.7 Å². The van der Waals surface area contributed by atoms with Crippen molar-refractivity contribution in [2.45, 2.75) is 30.6 Å². The zero-order valence-electron chi connectivity index (χ0n) is 20.8. The van der Waals surface area contributed by atoms with Gasteiger partial charge < -0.3 is 19.5 Å². The summed E-state index contributed by atoms with van der Waals surface area (Å²) in [6.07, 6.45) is -5.02. The Bertz CT molecular complexity index is 1510. The fraction of sp³-hybridized carbons (Fsp3) is 0.269. The molecule has 0 saturated carbocycles. The van der Waals surface area contributed by atoms with Crippen molar-refractivity contribution in [2.24, 2.45) is 0 Å². The minimum Gasteiger partial charge on any atom is -0.508 e. The molecule has 0 bridgehead atoms. The highest BCUT2D eigenvalue weighted by atomic mass is 32.2. The van der Waals surface area contributed by atoms with Crippen LogP contribution in [0.15, 0.2) is 59.5 Å². The van der Waals surface area contributed by atoms with Crippen LogP contribution in [0, 0.1) is 5.82 Å². The molecule has 3 aromatic carbocycles. The van der Waals surface area contributed by atoms with Gasteiger partial charge in [-0.15, -0.1) is 0 Å². The van der Waals surface area contributed by atoms with Gasteiger partial charge in [0.1, 0.15) is 17.2 Å². The molecular formula is C26H24F4N2O6S. The first kappa shape index (κ1) is 28.0. The van der Waals surface area contributed by atoms with Crippen LogP contribution in [0.3, 0.4) is 0 Å². The first-order valence-corrected chi connectivity index (χ1v) is 13.0. The van der Waals surface area contributed by atoms with E-state index in [0.29, 0.717) is 27.3 Å². The number of phenolic OH excluding ortho intramolecular Hbond substituents is 1. The molecule has 0 unspecified atom stereocenters. The Kier molecular flexibility index (Phi) is 7.64. The summed E-state index contributed by atoms with van der Waals surface area (Å²) in [5.74, 6) is -2.62. The van der Waals surface area contributed by atoms with E-state index >= 15 is 0 Å². The maximum absolute atomic E-state index is 15.0. The number of ether oxygens (including phenoxy) is 2. The van der Waals surface area contributed by atoms with Gasteiger partial charge in [-0.05, 0) is 53.9 Å². The Labute approximate surface area is 222 Å². The highest BCUT2D eigenvalue weighted by Gasteiger charge is 2.43. The molecule has 0 atom stereocenters. The predicted octanol–water partition coefficient (Wildman–Crippen LogP) is 4.39. The quantitative estimate of drug-likeness (QED) is 0.425. The van der Waals surface area contributed by atoms with Gasteiger partial charge in [-0.1, -0.05) is 6.07 Å². The van der Waals surface area contributed by atoms with Crippen LogP contribution in [-0.4, -0.2) is 51.3 Å². The molecule has 1 aliphatic rings. The lowest BCUT2D eigenvalue weighted by molar-refractivity contribution is -0.186. The number of methoxy groups -OCH3 is 2. The fourth-order valence-corrected chi connectivity index (χ4v) is 5.81. The molecule has 0 fully saturated rings. The monoisotopic (exact) mass is 568 g/mol. The molecule has 8 nitrogen and oxygen atoms in total. The van der Waals surface area contributed by atoms with Crippen LogP contribution in [0.2, 0.25) is 0 Å². The number of halogens is 4. The van der Waals surface area contributed by atoms with Gasteiger partial charge in [0, 0.05) is 30.8 Å². The number of benzene rings is 3. The molecule has 208 valence electrons. The SMILES string of the molecule is COc1ccc(CN(c2ccc(O)cc2F)S(=O)(=O)c2ccc3c(c2)CCN(C(=O)C(F)(F)F)C3)c(OC)c1. The van der Waals surface area contributed by atoms with Crippen molar-refractivity contribution in [3.63, 3.8) is 0 Å². The van der Waals surface area contributed by atoms with Crippen LogP contribution in [-0.2, 0) is 34.3 Å². The molecule has 0 aliphatic carbocycles. The molecule has 1 aliphatic heterocycles. The lowest BCUT2D eigenvalue weighted by Gasteiger charge is -2.30. The molecule has 13 heteroatoms. The van der Waals surface area contributed by atoms with Gasteiger partial charge in [0.15, 0.2) is 5.82 Å². The Hall–Kier alpha value is -4.00. The molecular weight excluding hydrogens is 544 g/mol. The summed E-state index contributed by atoms with van der Waals surface area (Å²) in [6.45, 7) is -0.927. The molecule has 0 aromatic heterocycles. The number of amides is 1. The van der Waals surface area contributed by atoms with Gasteiger partial charge in [0.25, 0.3) is 10.0 Å². The van der Waals surface area contributed by atoms with Crippen LogP contribution >= 0.6 is 0 Å². The predicted molar refractivity (Wildman–Crippen MR) is 133 cm³/mol. The summed E-state index contributed by atoms with van der Waals surface area (Å²) in [5, 5.41) is 9.67. The molecule has 1 heterocycles. The van der Waals surface area contributed by atoms with E-state index in [1.54, 1.807) is 18.2 Å². The summed E-state index contributed by atoms with van der Waals surface area (Å²) < 4.78 is 92.8. The molecule has 0 radical (unpaired) electrons. The van der Waals surface area contributed by atoms with Crippen molar-refractivity contribution in [1.82, 2.24) is 4.90 Å². The topological polar surface area (TPSA) is 96.4 Å². The number of anilines is 1. The van der Waals surface area contributed by atoms with Gasteiger partial charge in [0.2, 0.25) is 0 Å². The standard InChI is InChI=1S/C26H24F4N2O6S/c1-37-20-6-3-18(24(13-20)38-2)15-32(23-8-5-19(33)12-22(23)27)39(35,36)21-7-4-17-14-31(10-9-16(17)11-21)25(34)26(28,29)30/h3-8,11-13,33H,9-10,14-15H2,1-2H3. The number of phenols is 1. The second-order valence-corrected chi connectivity index (χ2v) is 10.6. The van der Waals surface area contributed by atoms with Crippen molar-refractivity contribution >= 4 is 21.6 Å². The Morgan fingerprint density at radius 3 is 2.41 bits per heavy atom. The van der Waals surface area contributed by atoms with E-state index in [9.17, 15) is 35.9 Å². The zero-order valence-corrected chi connectivity index (χ0v) is 21.6. The molecule has 1 N–H and O–H groups in total. The zero-order chi connectivity index (χ0) is 28.5. The average Bonchev–Trinajstić information content (AvgIpc) is 2.90. The third-order valence-corrected chi connectivity index (χ3v) is 8.07. The number of hydrogen-bond acceptors (Lipinski definition) is 6. The number of hydrogen-bond donors (Lipinski definition) is 1. The van der Waals surface area contributed by atoms with E-state index in [0.717, 1.165) is 22.5 Å². The molecule has 39 heavy (non-hydrogen) atoms. The molecule has 4 rings (SSSR count). The number of fused-ring (bicyclic) bond motifs is 1. The number of carbonyl (C=O) groups excluding carboxylic acids is 1. The van der Waals surface area contributed by atoms with Gasteiger partial charge in [-0.25, -0.2) is 12.8 Å². The minimum atomic E-state index is -5.02. The Morgan fingerprint density at radius 1 is 1.03 bits per heavy atom. The van der Waals surface area contributed by atoms with E-state index in [4.69, 9.17) is 9.47 Å². The maximum Gasteiger partial charge on any atom is 0.471 e. The van der Waals surface area contributed by atoms with Crippen LogP contribution in [0.4, 0.5) is 23.2 Å². The third-order valence-electron chi connectivity index (χ3n) is 6.32. The first-order chi connectivity index (χ1) is 18.3. The van der Waals surface area contributed by atoms with Crippen molar-refractivity contribution in [1.29, 1.82) is 0 Å². The number of rotatable bonds is 7. The van der Waals surface area contributed by atoms with E-state index in [2.05, 4.69) is 0 Å². The van der Waals surface area contributed by atoms with Crippen LogP contribution in [0.5, 0.6) is 17.2 Å². The fourth-order valence-electron chi connectivity index (χ4n) is 4.30. The van der Waals surface area contributed by atoms with E-state index in [-0.39, 0.29) is 42.4 Å². The van der Waals surface area contributed by atoms with E-state index in [1.807, 2.05) is 0 Å². The third kappa shape index (κ3) is 5.72. The largest absolute Gasteiger partial charge is 0.508 e. The number of alkyl halides is 3. The lowest BCUT2D eigenvalue weighted by Crippen LogP contribution is -2.43. The summed E-state index contributed by atoms with van der Waals surface area (Å²) in [5.41, 5.74) is 0.867. The van der Waals surface area contributed by atoms with E-state index < -0.39 is 33.7 Å². The number of aromatic hydroxyl groups is 1. The smallest absolute Gasteiger partial charge is 0.471 e. The van der Waals surface area contributed by atoms with Gasteiger partial charge in [0.05, 0.1) is 31.3 Å². The summed E-state index contributed by atoms with van der Waals surface area (Å²) >= 11 is 0. The number of nitrogens with zero attached hydrogens (tertiary/aromatic N) is 2. The van der Waals surface area contributed by atoms with Crippen LogP contribution < -0.4 is 13.8 Å². The Balaban J connectivity index is 1.74.